The fraction of sp³-hybridized carbons (Fsp3) is 0.333. The van der Waals surface area contributed by atoms with E-state index in [2.05, 4.69) is 4.98 Å². The van der Waals surface area contributed by atoms with E-state index in [0.717, 1.165) is 5.46 Å². The summed E-state index contributed by atoms with van der Waals surface area (Å²) in [4.78, 5) is 15.7. The van der Waals surface area contributed by atoms with E-state index >= 15 is 0 Å². The highest BCUT2D eigenvalue weighted by molar-refractivity contribution is 6.62. The number of para-hydroxylation sites is 2. The molecule has 3 aromatic rings. The van der Waals surface area contributed by atoms with Crippen LogP contribution in [0.2, 0.25) is 0 Å². The summed E-state index contributed by atoms with van der Waals surface area (Å²) in [6, 6.07) is 14.9. The van der Waals surface area contributed by atoms with Crippen molar-refractivity contribution in [2.24, 2.45) is 0 Å². The van der Waals surface area contributed by atoms with Gasteiger partial charge in [0.05, 0.1) is 22.2 Å². The standard InChI is InChI=1S/C21H23BN2O5/c1-20(2)21(3,4)29-22(28-20)14-9-11-15(12-10-14)27-19-23-16-7-5-6-8-17(16)24(19)13-18(25)26/h5-12H,13H2,1-4H3,(H,25,26). The Morgan fingerprint density at radius 1 is 1.07 bits per heavy atom. The van der Waals surface area contributed by atoms with Crippen LogP contribution in [0.25, 0.3) is 11.0 Å². The number of nitrogens with zero attached hydrogens (tertiary/aromatic N) is 2. The molecule has 150 valence electrons. The van der Waals surface area contributed by atoms with Crippen LogP contribution in [0, 0.1) is 0 Å². The number of hydrogen-bond donors (Lipinski definition) is 1. The van der Waals surface area contributed by atoms with E-state index in [1.807, 2.05) is 64.1 Å². The quantitative estimate of drug-likeness (QED) is 0.670. The fourth-order valence-corrected chi connectivity index (χ4v) is 3.20. The Labute approximate surface area is 169 Å². The number of ether oxygens (including phenoxy) is 1. The van der Waals surface area contributed by atoms with E-state index in [9.17, 15) is 9.90 Å². The van der Waals surface area contributed by atoms with E-state index in [0.29, 0.717) is 16.8 Å². The Morgan fingerprint density at radius 2 is 1.69 bits per heavy atom. The van der Waals surface area contributed by atoms with Gasteiger partial charge in [-0.2, -0.15) is 4.98 Å². The van der Waals surface area contributed by atoms with E-state index in [1.165, 1.54) is 0 Å². The summed E-state index contributed by atoms with van der Waals surface area (Å²) in [6.07, 6.45) is 0. The molecule has 2 heterocycles. The van der Waals surface area contributed by atoms with Gasteiger partial charge in [0.15, 0.2) is 0 Å². The highest BCUT2D eigenvalue weighted by Crippen LogP contribution is 2.36. The van der Waals surface area contributed by atoms with Crippen molar-refractivity contribution >= 4 is 29.6 Å². The zero-order valence-electron chi connectivity index (χ0n) is 16.9. The van der Waals surface area contributed by atoms with E-state index < -0.39 is 24.3 Å². The second kappa shape index (κ2) is 6.90. The first-order valence-corrected chi connectivity index (χ1v) is 9.47. The molecule has 1 aromatic heterocycles. The molecule has 29 heavy (non-hydrogen) atoms. The fourth-order valence-electron chi connectivity index (χ4n) is 3.20. The minimum absolute atomic E-state index is 0.233. The number of imidazole rings is 1. The van der Waals surface area contributed by atoms with Crippen LogP contribution in [0.4, 0.5) is 0 Å². The van der Waals surface area contributed by atoms with Crippen LogP contribution in [0.15, 0.2) is 48.5 Å². The average molecular weight is 394 g/mol. The molecule has 0 bridgehead atoms. The Morgan fingerprint density at radius 3 is 2.31 bits per heavy atom. The summed E-state index contributed by atoms with van der Waals surface area (Å²) in [5.74, 6) is -0.415. The van der Waals surface area contributed by atoms with Crippen LogP contribution in [0.3, 0.4) is 0 Å². The van der Waals surface area contributed by atoms with Gasteiger partial charge in [-0.3, -0.25) is 9.36 Å². The molecular weight excluding hydrogens is 371 g/mol. The number of hydrogen-bond acceptors (Lipinski definition) is 5. The molecule has 1 aliphatic heterocycles. The van der Waals surface area contributed by atoms with Gasteiger partial charge in [0.1, 0.15) is 12.3 Å². The molecular formula is C21H23BN2O5. The highest BCUT2D eigenvalue weighted by Gasteiger charge is 2.51. The van der Waals surface area contributed by atoms with Crippen molar-refractivity contribution in [1.29, 1.82) is 0 Å². The normalized spacial score (nSPS) is 17.6. The number of carbonyl (C=O) groups is 1. The molecule has 2 aromatic carbocycles. The molecule has 1 fully saturated rings. The number of aliphatic carboxylic acids is 1. The first kappa shape index (κ1) is 19.5. The van der Waals surface area contributed by atoms with Crippen molar-refractivity contribution in [3.05, 3.63) is 48.5 Å². The van der Waals surface area contributed by atoms with Crippen molar-refractivity contribution in [2.45, 2.75) is 45.4 Å². The smallest absolute Gasteiger partial charge is 0.480 e. The Hall–Kier alpha value is -2.84. The van der Waals surface area contributed by atoms with Crippen LogP contribution < -0.4 is 10.2 Å². The lowest BCUT2D eigenvalue weighted by Gasteiger charge is -2.32. The second-order valence-electron chi connectivity index (χ2n) is 8.12. The summed E-state index contributed by atoms with van der Waals surface area (Å²) in [7, 11) is -0.453. The molecule has 0 unspecified atom stereocenters. The molecule has 0 saturated carbocycles. The number of aromatic nitrogens is 2. The number of rotatable bonds is 5. The zero-order chi connectivity index (χ0) is 20.8. The summed E-state index contributed by atoms with van der Waals surface area (Å²) in [6.45, 7) is 7.81. The number of carboxylic acids is 1. The first-order valence-electron chi connectivity index (χ1n) is 9.47. The largest absolute Gasteiger partial charge is 0.494 e. The van der Waals surface area contributed by atoms with Gasteiger partial charge >= 0.3 is 19.1 Å². The summed E-state index contributed by atoms with van der Waals surface area (Å²) < 4.78 is 19.6. The lowest BCUT2D eigenvalue weighted by atomic mass is 9.79. The monoisotopic (exact) mass is 394 g/mol. The molecule has 1 aliphatic rings. The molecule has 1 N–H and O–H groups in total. The molecule has 7 nitrogen and oxygen atoms in total. The summed E-state index contributed by atoms with van der Waals surface area (Å²) in [5.41, 5.74) is 1.45. The topological polar surface area (TPSA) is 82.8 Å². The van der Waals surface area contributed by atoms with Crippen molar-refractivity contribution in [1.82, 2.24) is 9.55 Å². The molecule has 0 amide bonds. The highest BCUT2D eigenvalue weighted by atomic mass is 16.7. The van der Waals surface area contributed by atoms with Gasteiger partial charge in [0, 0.05) is 0 Å². The van der Waals surface area contributed by atoms with Gasteiger partial charge in [-0.1, -0.05) is 24.3 Å². The Bertz CT molecular complexity index is 1040. The van der Waals surface area contributed by atoms with Gasteiger partial charge in [0.2, 0.25) is 0 Å². The van der Waals surface area contributed by atoms with Gasteiger partial charge in [-0.25, -0.2) is 0 Å². The minimum atomic E-state index is -0.964. The lowest BCUT2D eigenvalue weighted by molar-refractivity contribution is -0.137. The predicted octanol–water partition coefficient (Wildman–Crippen LogP) is 3.21. The Balaban J connectivity index is 1.58. The van der Waals surface area contributed by atoms with Crippen molar-refractivity contribution in [3.63, 3.8) is 0 Å². The minimum Gasteiger partial charge on any atom is -0.480 e. The van der Waals surface area contributed by atoms with E-state index in [4.69, 9.17) is 14.0 Å². The zero-order valence-corrected chi connectivity index (χ0v) is 16.9. The molecule has 0 atom stereocenters. The van der Waals surface area contributed by atoms with Crippen molar-refractivity contribution < 1.29 is 23.9 Å². The molecule has 0 spiro atoms. The van der Waals surface area contributed by atoms with Gasteiger partial charge in [-0.15, -0.1) is 0 Å². The van der Waals surface area contributed by atoms with Crippen molar-refractivity contribution in [3.8, 4) is 11.8 Å². The van der Waals surface area contributed by atoms with Gasteiger partial charge in [-0.05, 0) is 57.4 Å². The third-order valence-electron chi connectivity index (χ3n) is 5.53. The average Bonchev–Trinajstić information content (AvgIpc) is 3.09. The first-order chi connectivity index (χ1) is 13.7. The predicted molar refractivity (Wildman–Crippen MR) is 110 cm³/mol. The van der Waals surface area contributed by atoms with E-state index in [1.54, 1.807) is 16.7 Å². The third kappa shape index (κ3) is 3.61. The molecule has 0 radical (unpaired) electrons. The van der Waals surface area contributed by atoms with Crippen LogP contribution in [0.1, 0.15) is 27.7 Å². The number of fused-ring (bicyclic) bond motifs is 1. The van der Waals surface area contributed by atoms with Crippen LogP contribution in [-0.4, -0.2) is 38.9 Å². The maximum absolute atomic E-state index is 11.3. The van der Waals surface area contributed by atoms with Crippen molar-refractivity contribution in [2.75, 3.05) is 0 Å². The maximum Gasteiger partial charge on any atom is 0.494 e. The maximum atomic E-state index is 11.3. The van der Waals surface area contributed by atoms with Gasteiger partial charge in [0.25, 0.3) is 0 Å². The lowest BCUT2D eigenvalue weighted by Crippen LogP contribution is -2.41. The SMILES string of the molecule is CC1(C)OB(c2ccc(Oc3nc4ccccc4n3CC(=O)O)cc2)OC1(C)C. The van der Waals surface area contributed by atoms with Crippen LogP contribution in [0.5, 0.6) is 11.8 Å². The van der Waals surface area contributed by atoms with Crippen LogP contribution in [-0.2, 0) is 20.6 Å². The summed E-state index contributed by atoms with van der Waals surface area (Å²) >= 11 is 0. The van der Waals surface area contributed by atoms with Gasteiger partial charge < -0.3 is 19.2 Å². The second-order valence-corrected chi connectivity index (χ2v) is 8.12. The van der Waals surface area contributed by atoms with E-state index in [-0.39, 0.29) is 12.6 Å². The molecule has 0 aliphatic carbocycles. The third-order valence-corrected chi connectivity index (χ3v) is 5.53. The van der Waals surface area contributed by atoms with Crippen LogP contribution >= 0.6 is 0 Å². The number of benzene rings is 2. The molecule has 1 saturated heterocycles. The molecule has 4 rings (SSSR count). The Kier molecular flexibility index (Phi) is 4.63. The number of carboxylic acid groups (broad SMARTS) is 1. The molecule has 8 heteroatoms. The summed E-state index contributed by atoms with van der Waals surface area (Å²) in [5, 5.41) is 9.25.